The van der Waals surface area contributed by atoms with Crippen molar-refractivity contribution in [3.05, 3.63) is 42.0 Å². The number of rotatable bonds is 2. The van der Waals surface area contributed by atoms with Gasteiger partial charge in [-0.25, -0.2) is 4.98 Å². The number of ether oxygens (including phenoxy) is 2. The van der Waals surface area contributed by atoms with Crippen LogP contribution in [0.1, 0.15) is 16.1 Å². The number of carbonyl (C=O) groups excluding carboxylic acids is 1. The van der Waals surface area contributed by atoms with Crippen LogP contribution in [-0.2, 0) is 7.05 Å². The molecule has 1 aliphatic heterocycles. The topological polar surface area (TPSA) is 53.4 Å². The zero-order valence-corrected chi connectivity index (χ0v) is 9.92. The van der Waals surface area contributed by atoms with E-state index in [-0.39, 0.29) is 5.78 Å². The van der Waals surface area contributed by atoms with Crippen molar-refractivity contribution < 1.29 is 14.3 Å². The van der Waals surface area contributed by atoms with Crippen LogP contribution in [0.3, 0.4) is 0 Å². The molecule has 1 aromatic carbocycles. The zero-order valence-electron chi connectivity index (χ0n) is 9.92. The van der Waals surface area contributed by atoms with Crippen molar-refractivity contribution in [2.75, 3.05) is 13.2 Å². The highest BCUT2D eigenvalue weighted by molar-refractivity contribution is 6.08. The van der Waals surface area contributed by atoms with Crippen LogP contribution >= 0.6 is 0 Å². The van der Waals surface area contributed by atoms with E-state index in [4.69, 9.17) is 9.47 Å². The molecule has 0 fully saturated rings. The predicted octanol–water partition coefficient (Wildman–Crippen LogP) is 1.42. The molecule has 5 nitrogen and oxygen atoms in total. The highest BCUT2D eigenvalue weighted by atomic mass is 16.6. The maximum Gasteiger partial charge on any atom is 0.211 e. The normalized spacial score (nSPS) is 13.4. The Hall–Kier alpha value is -2.30. The van der Waals surface area contributed by atoms with Crippen LogP contribution in [0.4, 0.5) is 0 Å². The van der Waals surface area contributed by atoms with E-state index in [9.17, 15) is 4.79 Å². The Morgan fingerprint density at radius 3 is 2.78 bits per heavy atom. The summed E-state index contributed by atoms with van der Waals surface area (Å²) < 4.78 is 12.6. The number of imidazole rings is 1. The fourth-order valence-corrected chi connectivity index (χ4v) is 1.91. The molecule has 0 N–H and O–H groups in total. The van der Waals surface area contributed by atoms with Gasteiger partial charge >= 0.3 is 0 Å². The summed E-state index contributed by atoms with van der Waals surface area (Å²) in [5, 5.41) is 0. The third-order valence-corrected chi connectivity index (χ3v) is 2.85. The number of benzene rings is 1. The molecule has 2 heterocycles. The van der Waals surface area contributed by atoms with Gasteiger partial charge in [0.15, 0.2) is 11.5 Å². The number of carbonyl (C=O) groups is 1. The first kappa shape index (κ1) is 10.8. The van der Waals surface area contributed by atoms with Gasteiger partial charge in [-0.15, -0.1) is 0 Å². The summed E-state index contributed by atoms with van der Waals surface area (Å²) in [7, 11) is 1.79. The van der Waals surface area contributed by atoms with Crippen LogP contribution in [-0.4, -0.2) is 28.5 Å². The highest BCUT2D eigenvalue weighted by Gasteiger charge is 2.17. The molecule has 0 bridgehead atoms. The van der Waals surface area contributed by atoms with Gasteiger partial charge in [-0.3, -0.25) is 4.79 Å². The minimum absolute atomic E-state index is 0.0769. The van der Waals surface area contributed by atoms with Gasteiger partial charge in [-0.2, -0.15) is 0 Å². The summed E-state index contributed by atoms with van der Waals surface area (Å²) >= 11 is 0. The lowest BCUT2D eigenvalue weighted by Gasteiger charge is -2.18. The van der Waals surface area contributed by atoms with Gasteiger partial charge in [0.05, 0.1) is 12.5 Å². The van der Waals surface area contributed by atoms with E-state index in [2.05, 4.69) is 4.98 Å². The molecule has 0 saturated carbocycles. The molecule has 1 aromatic heterocycles. The lowest BCUT2D eigenvalue weighted by Crippen LogP contribution is -2.16. The first-order valence-corrected chi connectivity index (χ1v) is 5.66. The van der Waals surface area contributed by atoms with Crippen LogP contribution in [0, 0.1) is 0 Å². The fourth-order valence-electron chi connectivity index (χ4n) is 1.91. The molecule has 3 rings (SSSR count). The number of hydrogen-bond donors (Lipinski definition) is 0. The quantitative estimate of drug-likeness (QED) is 0.750. The van der Waals surface area contributed by atoms with Crippen LogP contribution in [0.25, 0.3) is 0 Å². The van der Waals surface area contributed by atoms with E-state index in [0.29, 0.717) is 36.0 Å². The molecule has 0 saturated heterocycles. The van der Waals surface area contributed by atoms with Crippen LogP contribution in [0.2, 0.25) is 0 Å². The van der Waals surface area contributed by atoms with Crippen LogP contribution in [0.5, 0.6) is 11.5 Å². The lowest BCUT2D eigenvalue weighted by molar-refractivity contribution is 0.103. The summed E-state index contributed by atoms with van der Waals surface area (Å²) in [4.78, 5) is 16.2. The van der Waals surface area contributed by atoms with Crippen molar-refractivity contribution in [2.24, 2.45) is 7.05 Å². The van der Waals surface area contributed by atoms with E-state index >= 15 is 0 Å². The van der Waals surface area contributed by atoms with E-state index in [0.717, 1.165) is 0 Å². The number of aryl methyl sites for hydroxylation is 1. The molecule has 92 valence electrons. The smallest absolute Gasteiger partial charge is 0.211 e. The third-order valence-electron chi connectivity index (χ3n) is 2.85. The van der Waals surface area contributed by atoms with Gasteiger partial charge in [0.1, 0.15) is 18.9 Å². The van der Waals surface area contributed by atoms with Crippen molar-refractivity contribution in [1.82, 2.24) is 9.55 Å². The predicted molar refractivity (Wildman–Crippen MR) is 64.1 cm³/mol. The number of fused-ring (bicyclic) bond motifs is 1. The van der Waals surface area contributed by atoms with E-state index < -0.39 is 0 Å². The Bertz CT molecular complexity index is 604. The Morgan fingerprint density at radius 2 is 2.06 bits per heavy atom. The maximum atomic E-state index is 12.3. The van der Waals surface area contributed by atoms with Crippen molar-refractivity contribution in [3.63, 3.8) is 0 Å². The molecule has 1 aliphatic rings. The van der Waals surface area contributed by atoms with Crippen LogP contribution in [0.15, 0.2) is 30.7 Å². The second-order valence-corrected chi connectivity index (χ2v) is 4.08. The highest BCUT2D eigenvalue weighted by Crippen LogP contribution is 2.31. The Morgan fingerprint density at radius 1 is 1.28 bits per heavy atom. The minimum atomic E-state index is -0.0769. The Labute approximate surface area is 104 Å². The lowest BCUT2D eigenvalue weighted by atomic mass is 10.1. The van der Waals surface area contributed by atoms with Crippen molar-refractivity contribution >= 4 is 5.78 Å². The van der Waals surface area contributed by atoms with Gasteiger partial charge in [0.2, 0.25) is 5.78 Å². The van der Waals surface area contributed by atoms with Gasteiger partial charge in [0.25, 0.3) is 0 Å². The number of aromatic nitrogens is 2. The summed E-state index contributed by atoms with van der Waals surface area (Å²) in [6.07, 6.45) is 3.16. The van der Waals surface area contributed by atoms with Gasteiger partial charge in [0, 0.05) is 12.6 Å². The number of hydrogen-bond acceptors (Lipinski definition) is 4. The number of nitrogens with zero attached hydrogens (tertiary/aromatic N) is 2. The third kappa shape index (κ3) is 1.73. The van der Waals surface area contributed by atoms with Crippen molar-refractivity contribution in [2.45, 2.75) is 0 Å². The van der Waals surface area contributed by atoms with Crippen LogP contribution < -0.4 is 9.47 Å². The van der Waals surface area contributed by atoms with Crippen molar-refractivity contribution in [3.8, 4) is 11.5 Å². The molecule has 0 atom stereocenters. The molecule has 2 aromatic rings. The first-order valence-electron chi connectivity index (χ1n) is 5.66. The first-order chi connectivity index (χ1) is 8.75. The molecular formula is C13H12N2O3. The molecule has 0 aliphatic carbocycles. The maximum absolute atomic E-state index is 12.3. The zero-order chi connectivity index (χ0) is 12.5. The average Bonchev–Trinajstić information content (AvgIpc) is 2.83. The van der Waals surface area contributed by atoms with Gasteiger partial charge in [-0.05, 0) is 18.2 Å². The van der Waals surface area contributed by atoms with E-state index in [1.165, 1.54) is 0 Å². The minimum Gasteiger partial charge on any atom is -0.486 e. The molecule has 0 unspecified atom stereocenters. The second-order valence-electron chi connectivity index (χ2n) is 4.08. The fraction of sp³-hybridized carbons (Fsp3) is 0.231. The summed E-state index contributed by atoms with van der Waals surface area (Å²) in [5.41, 5.74) is 1.12. The van der Waals surface area contributed by atoms with E-state index in [1.54, 1.807) is 42.3 Å². The Balaban J connectivity index is 1.98. The summed E-state index contributed by atoms with van der Waals surface area (Å²) in [6.45, 7) is 1.05. The summed E-state index contributed by atoms with van der Waals surface area (Å²) in [6, 6.07) is 5.21. The molecular weight excluding hydrogens is 232 g/mol. The monoisotopic (exact) mass is 244 g/mol. The second kappa shape index (κ2) is 4.18. The SMILES string of the molecule is Cn1cncc1C(=O)c1ccc2c(c1)OCCO2. The Kier molecular flexibility index (Phi) is 2.51. The largest absolute Gasteiger partial charge is 0.486 e. The summed E-state index contributed by atoms with van der Waals surface area (Å²) in [5.74, 6) is 1.23. The van der Waals surface area contributed by atoms with E-state index in [1.807, 2.05) is 0 Å². The average molecular weight is 244 g/mol. The molecule has 18 heavy (non-hydrogen) atoms. The molecule has 5 heteroatoms. The molecule has 0 spiro atoms. The standard InChI is InChI=1S/C13H12N2O3/c1-15-8-14-7-10(15)13(16)9-2-3-11-12(6-9)18-5-4-17-11/h2-3,6-8H,4-5H2,1H3. The molecule has 0 amide bonds. The number of ketones is 1. The van der Waals surface area contributed by atoms with Crippen molar-refractivity contribution in [1.29, 1.82) is 0 Å². The molecule has 0 radical (unpaired) electrons. The van der Waals surface area contributed by atoms with Gasteiger partial charge < -0.3 is 14.0 Å². The van der Waals surface area contributed by atoms with Gasteiger partial charge in [-0.1, -0.05) is 0 Å².